The number of hydrogen-bond acceptors (Lipinski definition) is 8. The maximum absolute atomic E-state index is 12.3. The molecule has 134 valence electrons. The Morgan fingerprint density at radius 1 is 1.20 bits per heavy atom. The highest BCUT2D eigenvalue weighted by molar-refractivity contribution is 5.89. The lowest BCUT2D eigenvalue weighted by atomic mass is 10.1. The molecule has 3 saturated heterocycles. The normalized spacial score (nSPS) is 35.2. The molecule has 0 aromatic heterocycles. The molecule has 3 aliphatic heterocycles. The van der Waals surface area contributed by atoms with E-state index in [1.54, 1.807) is 13.8 Å². The molecule has 3 fully saturated rings. The third-order valence-corrected chi connectivity index (χ3v) is 4.42. The quantitative estimate of drug-likeness (QED) is 0.457. The molecule has 3 heterocycles. The SMILES string of the molecule is CC1(C)O[C@H]2O[C@H]3[C@H](OC[C@@H]3OC(=O)c3ccc([N+](=O)[O-])cc3)[C@H]2O1. The molecule has 0 radical (unpaired) electrons. The fourth-order valence-corrected chi connectivity index (χ4v) is 3.32. The summed E-state index contributed by atoms with van der Waals surface area (Å²) in [5.41, 5.74) is 0.130. The summed E-state index contributed by atoms with van der Waals surface area (Å²) in [6.45, 7) is 3.79. The standard InChI is InChI=1S/C16H17NO8/c1-16(2)24-13-12-11(23-15(13)25-16)10(7-21-12)22-14(18)8-3-5-9(6-4-8)17(19)20/h3-6,10-13,15H,7H2,1-2H3/t10-,11+,12-,13+,15+/m0/s1. The van der Waals surface area contributed by atoms with Gasteiger partial charge in [0.2, 0.25) is 0 Å². The van der Waals surface area contributed by atoms with Crippen LogP contribution in [0.2, 0.25) is 0 Å². The van der Waals surface area contributed by atoms with Crippen molar-refractivity contribution >= 4 is 11.7 Å². The van der Waals surface area contributed by atoms with Crippen molar-refractivity contribution in [2.45, 2.75) is 50.3 Å². The van der Waals surface area contributed by atoms with Crippen molar-refractivity contribution in [3.8, 4) is 0 Å². The number of nitro groups is 1. The van der Waals surface area contributed by atoms with Crippen molar-refractivity contribution in [1.82, 2.24) is 0 Å². The lowest BCUT2D eigenvalue weighted by Crippen LogP contribution is -2.37. The Kier molecular flexibility index (Phi) is 3.76. The molecule has 3 aliphatic rings. The zero-order chi connectivity index (χ0) is 17.8. The van der Waals surface area contributed by atoms with E-state index in [0.717, 1.165) is 0 Å². The van der Waals surface area contributed by atoms with E-state index in [2.05, 4.69) is 0 Å². The van der Waals surface area contributed by atoms with Crippen molar-refractivity contribution < 1.29 is 33.4 Å². The summed E-state index contributed by atoms with van der Waals surface area (Å²) in [7, 11) is 0. The smallest absolute Gasteiger partial charge is 0.338 e. The van der Waals surface area contributed by atoms with Gasteiger partial charge in [0.1, 0.15) is 18.3 Å². The molecule has 9 heteroatoms. The summed E-state index contributed by atoms with van der Waals surface area (Å²) >= 11 is 0. The number of rotatable bonds is 3. The van der Waals surface area contributed by atoms with Gasteiger partial charge in [0.05, 0.1) is 17.1 Å². The van der Waals surface area contributed by atoms with Crippen LogP contribution in [0.4, 0.5) is 5.69 Å². The van der Waals surface area contributed by atoms with E-state index in [4.69, 9.17) is 23.7 Å². The van der Waals surface area contributed by atoms with Crippen LogP contribution in [0.1, 0.15) is 24.2 Å². The van der Waals surface area contributed by atoms with E-state index in [1.807, 2.05) is 0 Å². The van der Waals surface area contributed by atoms with Gasteiger partial charge in [-0.2, -0.15) is 0 Å². The third kappa shape index (κ3) is 2.89. The number of nitrogens with zero attached hydrogens (tertiary/aromatic N) is 1. The molecule has 25 heavy (non-hydrogen) atoms. The van der Waals surface area contributed by atoms with Crippen molar-refractivity contribution in [2.75, 3.05) is 6.61 Å². The predicted molar refractivity (Wildman–Crippen MR) is 80.7 cm³/mol. The Morgan fingerprint density at radius 2 is 1.92 bits per heavy atom. The van der Waals surface area contributed by atoms with Gasteiger partial charge in [-0.3, -0.25) is 10.1 Å². The minimum atomic E-state index is -0.739. The molecule has 0 unspecified atom stereocenters. The number of esters is 1. The minimum absolute atomic E-state index is 0.0929. The molecule has 0 saturated carbocycles. The van der Waals surface area contributed by atoms with E-state index in [0.29, 0.717) is 0 Å². The summed E-state index contributed by atoms with van der Waals surface area (Å²) < 4.78 is 28.4. The van der Waals surface area contributed by atoms with Gasteiger partial charge in [0.25, 0.3) is 5.69 Å². The summed E-state index contributed by atoms with van der Waals surface area (Å²) in [4.78, 5) is 22.4. The summed E-state index contributed by atoms with van der Waals surface area (Å²) in [6, 6.07) is 5.22. The molecule has 4 rings (SSSR count). The first-order valence-electron chi connectivity index (χ1n) is 7.92. The van der Waals surface area contributed by atoms with Gasteiger partial charge in [0, 0.05) is 12.1 Å². The van der Waals surface area contributed by atoms with Crippen LogP contribution in [0.15, 0.2) is 24.3 Å². The lowest BCUT2D eigenvalue weighted by Gasteiger charge is -2.22. The first-order chi connectivity index (χ1) is 11.8. The lowest BCUT2D eigenvalue weighted by molar-refractivity contribution is -0.384. The molecule has 0 N–H and O–H groups in total. The Bertz CT molecular complexity index is 703. The van der Waals surface area contributed by atoms with Crippen LogP contribution < -0.4 is 0 Å². The molecular weight excluding hydrogens is 334 g/mol. The summed E-state index contributed by atoms with van der Waals surface area (Å²) in [5, 5.41) is 10.7. The van der Waals surface area contributed by atoms with E-state index in [-0.39, 0.29) is 30.1 Å². The van der Waals surface area contributed by atoms with Crippen LogP contribution in [0.3, 0.4) is 0 Å². The molecule has 1 aromatic carbocycles. The van der Waals surface area contributed by atoms with Crippen LogP contribution in [0.25, 0.3) is 0 Å². The highest BCUT2D eigenvalue weighted by Crippen LogP contribution is 2.42. The first-order valence-corrected chi connectivity index (χ1v) is 7.92. The van der Waals surface area contributed by atoms with Gasteiger partial charge >= 0.3 is 5.97 Å². The van der Waals surface area contributed by atoms with Crippen LogP contribution in [0.5, 0.6) is 0 Å². The van der Waals surface area contributed by atoms with Crippen molar-refractivity contribution in [2.24, 2.45) is 0 Å². The number of carbonyl (C=O) groups excluding carboxylic acids is 1. The van der Waals surface area contributed by atoms with E-state index in [1.165, 1.54) is 24.3 Å². The maximum Gasteiger partial charge on any atom is 0.338 e. The average Bonchev–Trinajstić information content (AvgIpc) is 3.17. The first kappa shape index (κ1) is 16.4. The van der Waals surface area contributed by atoms with E-state index in [9.17, 15) is 14.9 Å². The Balaban J connectivity index is 1.41. The molecule has 0 spiro atoms. The summed E-state index contributed by atoms with van der Waals surface area (Å²) in [5.74, 6) is -1.33. The number of nitro benzene ring substituents is 1. The second-order valence-corrected chi connectivity index (χ2v) is 6.61. The molecule has 1 aromatic rings. The van der Waals surface area contributed by atoms with Gasteiger partial charge in [-0.1, -0.05) is 0 Å². The minimum Gasteiger partial charge on any atom is -0.453 e. The van der Waals surface area contributed by atoms with Crippen molar-refractivity contribution in [1.29, 1.82) is 0 Å². The van der Waals surface area contributed by atoms with Crippen LogP contribution >= 0.6 is 0 Å². The highest BCUT2D eigenvalue weighted by Gasteiger charge is 2.60. The zero-order valence-electron chi connectivity index (χ0n) is 13.6. The highest BCUT2D eigenvalue weighted by atomic mass is 16.8. The van der Waals surface area contributed by atoms with Crippen LogP contribution in [-0.2, 0) is 23.7 Å². The van der Waals surface area contributed by atoms with Crippen molar-refractivity contribution in [3.63, 3.8) is 0 Å². The van der Waals surface area contributed by atoms with Crippen LogP contribution in [-0.4, -0.2) is 54.0 Å². The van der Waals surface area contributed by atoms with Gasteiger partial charge in [-0.15, -0.1) is 0 Å². The fourth-order valence-electron chi connectivity index (χ4n) is 3.32. The van der Waals surface area contributed by atoms with E-state index >= 15 is 0 Å². The Labute approximate surface area is 142 Å². The molecule has 0 bridgehead atoms. The third-order valence-electron chi connectivity index (χ3n) is 4.42. The number of fused-ring (bicyclic) bond motifs is 3. The number of benzene rings is 1. The number of carbonyl (C=O) groups is 1. The number of hydrogen-bond donors (Lipinski definition) is 0. The summed E-state index contributed by atoms with van der Waals surface area (Å²) in [6.07, 6.45) is -2.32. The topological polar surface area (TPSA) is 106 Å². The van der Waals surface area contributed by atoms with Gasteiger partial charge in [0.15, 0.2) is 18.2 Å². The fraction of sp³-hybridized carbons (Fsp3) is 0.562. The van der Waals surface area contributed by atoms with E-state index < -0.39 is 35.2 Å². The second kappa shape index (κ2) is 5.73. The zero-order valence-corrected chi connectivity index (χ0v) is 13.6. The van der Waals surface area contributed by atoms with Crippen LogP contribution in [0, 0.1) is 10.1 Å². The number of non-ortho nitro benzene ring substituents is 1. The molecule has 0 amide bonds. The average molecular weight is 351 g/mol. The predicted octanol–water partition coefficient (Wildman–Crippen LogP) is 1.40. The van der Waals surface area contributed by atoms with Crippen molar-refractivity contribution in [3.05, 3.63) is 39.9 Å². The maximum atomic E-state index is 12.3. The molecular formula is C16H17NO8. The monoisotopic (exact) mass is 351 g/mol. The van der Waals surface area contributed by atoms with Gasteiger partial charge < -0.3 is 23.7 Å². The molecule has 9 nitrogen and oxygen atoms in total. The van der Waals surface area contributed by atoms with Gasteiger partial charge in [-0.05, 0) is 26.0 Å². The Hall–Kier alpha value is -2.07. The second-order valence-electron chi connectivity index (χ2n) is 6.61. The Morgan fingerprint density at radius 3 is 2.60 bits per heavy atom. The molecule has 0 aliphatic carbocycles. The van der Waals surface area contributed by atoms with Gasteiger partial charge in [-0.25, -0.2) is 4.79 Å². The largest absolute Gasteiger partial charge is 0.453 e. The number of ether oxygens (including phenoxy) is 5. The molecule has 5 atom stereocenters.